The van der Waals surface area contributed by atoms with E-state index in [1.807, 2.05) is 30.3 Å². The van der Waals surface area contributed by atoms with Crippen molar-refractivity contribution in [1.29, 1.82) is 5.26 Å². The molecule has 0 aromatic heterocycles. The molecule has 0 fully saturated rings. The van der Waals surface area contributed by atoms with E-state index in [1.165, 1.54) is 11.2 Å². The highest BCUT2D eigenvalue weighted by Crippen LogP contribution is 2.30. The fourth-order valence-electron chi connectivity index (χ4n) is 2.17. The molecule has 0 atom stereocenters. The smallest absolute Gasteiger partial charge is 0.253 e. The monoisotopic (exact) mass is 295 g/mol. The van der Waals surface area contributed by atoms with Gasteiger partial charge in [0.25, 0.3) is 5.91 Å². The van der Waals surface area contributed by atoms with Crippen molar-refractivity contribution < 1.29 is 4.79 Å². The lowest BCUT2D eigenvalue weighted by molar-refractivity contribution is -0.115. The van der Waals surface area contributed by atoms with Gasteiger partial charge in [0.05, 0.1) is 18.0 Å². The van der Waals surface area contributed by atoms with Gasteiger partial charge in [0, 0.05) is 16.3 Å². The van der Waals surface area contributed by atoms with Crippen LogP contribution in [0.5, 0.6) is 0 Å². The van der Waals surface area contributed by atoms with Crippen molar-refractivity contribution in [3.8, 4) is 17.2 Å². The van der Waals surface area contributed by atoms with Gasteiger partial charge in [-0.1, -0.05) is 29.8 Å². The fraction of sp³-hybridized carbons (Fsp3) is 0.0625. The molecule has 0 spiro atoms. The van der Waals surface area contributed by atoms with Crippen molar-refractivity contribution in [2.75, 3.05) is 11.4 Å². The zero-order valence-electron chi connectivity index (χ0n) is 11.0. The average molecular weight is 296 g/mol. The number of halogens is 1. The lowest BCUT2D eigenvalue weighted by Crippen LogP contribution is -2.25. The van der Waals surface area contributed by atoms with Crippen LogP contribution < -0.4 is 4.90 Å². The van der Waals surface area contributed by atoms with E-state index in [1.54, 1.807) is 12.1 Å². The quantitative estimate of drug-likeness (QED) is 0.854. The van der Waals surface area contributed by atoms with Gasteiger partial charge in [-0.15, -0.1) is 0 Å². The highest BCUT2D eigenvalue weighted by molar-refractivity contribution is 6.33. The lowest BCUT2D eigenvalue weighted by Gasteiger charge is -2.13. The Labute approximate surface area is 126 Å². The van der Waals surface area contributed by atoms with Crippen LogP contribution in [0.25, 0.3) is 11.1 Å². The van der Waals surface area contributed by atoms with E-state index < -0.39 is 0 Å². The first kappa shape index (κ1) is 13.3. The van der Waals surface area contributed by atoms with E-state index in [4.69, 9.17) is 16.9 Å². The van der Waals surface area contributed by atoms with Crippen molar-refractivity contribution >= 4 is 29.5 Å². The zero-order chi connectivity index (χ0) is 14.8. The molecule has 0 bridgehead atoms. The van der Waals surface area contributed by atoms with Gasteiger partial charge >= 0.3 is 0 Å². The lowest BCUT2D eigenvalue weighted by atomic mass is 10.0. The molecular weight excluding hydrogens is 286 g/mol. The zero-order valence-corrected chi connectivity index (χ0v) is 11.7. The summed E-state index contributed by atoms with van der Waals surface area (Å²) >= 11 is 6.20. The standard InChI is InChI=1S/C16H10ClN3O/c17-15-7-11(8-18)1-6-14(15)12-2-4-13(5-3-12)20-10-19-9-16(20)21/h1-7,10H,9H2. The van der Waals surface area contributed by atoms with Gasteiger partial charge in [-0.2, -0.15) is 5.26 Å². The summed E-state index contributed by atoms with van der Waals surface area (Å²) < 4.78 is 0. The van der Waals surface area contributed by atoms with E-state index in [-0.39, 0.29) is 12.5 Å². The minimum atomic E-state index is -0.0424. The second-order valence-corrected chi connectivity index (χ2v) is 4.98. The Bertz CT molecular complexity index is 775. The first-order chi connectivity index (χ1) is 10.2. The number of nitriles is 1. The normalized spacial score (nSPS) is 13.5. The number of carbonyl (C=O) groups is 1. The van der Waals surface area contributed by atoms with Crippen LogP contribution >= 0.6 is 11.6 Å². The molecule has 0 saturated heterocycles. The average Bonchev–Trinajstić information content (AvgIpc) is 2.93. The molecule has 3 rings (SSSR count). The Balaban J connectivity index is 1.93. The van der Waals surface area contributed by atoms with E-state index in [9.17, 15) is 4.79 Å². The van der Waals surface area contributed by atoms with Crippen LogP contribution in [0.2, 0.25) is 5.02 Å². The van der Waals surface area contributed by atoms with E-state index >= 15 is 0 Å². The number of hydrogen-bond acceptors (Lipinski definition) is 3. The van der Waals surface area contributed by atoms with Gasteiger partial charge in [-0.05, 0) is 29.8 Å². The molecule has 1 heterocycles. The van der Waals surface area contributed by atoms with Gasteiger partial charge in [-0.3, -0.25) is 14.7 Å². The fourth-order valence-corrected chi connectivity index (χ4v) is 2.46. The molecule has 0 N–H and O–H groups in total. The van der Waals surface area contributed by atoms with Crippen LogP contribution in [0.1, 0.15) is 5.56 Å². The van der Waals surface area contributed by atoms with Crippen molar-refractivity contribution in [3.63, 3.8) is 0 Å². The molecule has 0 aliphatic carbocycles. The maximum Gasteiger partial charge on any atom is 0.253 e. The molecule has 2 aromatic rings. The van der Waals surface area contributed by atoms with Crippen molar-refractivity contribution in [1.82, 2.24) is 0 Å². The molecule has 1 aliphatic rings. The van der Waals surface area contributed by atoms with E-state index in [0.29, 0.717) is 10.6 Å². The summed E-state index contributed by atoms with van der Waals surface area (Å²) in [5.74, 6) is -0.0424. The number of aliphatic imine (C=N–C) groups is 1. The number of hydrogen-bond donors (Lipinski definition) is 0. The predicted octanol–water partition coefficient (Wildman–Crippen LogP) is 3.25. The molecule has 102 valence electrons. The molecule has 1 aliphatic heterocycles. The largest absolute Gasteiger partial charge is 0.272 e. The highest BCUT2D eigenvalue weighted by atomic mass is 35.5. The van der Waals surface area contributed by atoms with Crippen LogP contribution in [0.3, 0.4) is 0 Å². The first-order valence-corrected chi connectivity index (χ1v) is 6.69. The van der Waals surface area contributed by atoms with E-state index in [2.05, 4.69) is 11.1 Å². The molecule has 0 radical (unpaired) electrons. The Kier molecular flexibility index (Phi) is 3.43. The molecule has 2 aromatic carbocycles. The third-order valence-electron chi connectivity index (χ3n) is 3.25. The number of carbonyl (C=O) groups excluding carboxylic acids is 1. The molecule has 21 heavy (non-hydrogen) atoms. The summed E-state index contributed by atoms with van der Waals surface area (Å²) in [6, 6.07) is 14.7. The third kappa shape index (κ3) is 2.51. The van der Waals surface area contributed by atoms with Crippen LogP contribution in [0, 0.1) is 11.3 Å². The van der Waals surface area contributed by atoms with Crippen LogP contribution in [-0.4, -0.2) is 18.8 Å². The second kappa shape index (κ2) is 5.39. The molecule has 0 unspecified atom stereocenters. The summed E-state index contributed by atoms with van der Waals surface area (Å²) in [4.78, 5) is 17.1. The molecule has 4 nitrogen and oxygen atoms in total. The van der Waals surface area contributed by atoms with Crippen molar-refractivity contribution in [2.45, 2.75) is 0 Å². The number of amides is 1. The van der Waals surface area contributed by atoms with E-state index in [0.717, 1.165) is 16.8 Å². The molecule has 5 heteroatoms. The van der Waals surface area contributed by atoms with Gasteiger partial charge < -0.3 is 0 Å². The van der Waals surface area contributed by atoms with Gasteiger partial charge in [-0.25, -0.2) is 0 Å². The number of rotatable bonds is 2. The SMILES string of the molecule is N#Cc1ccc(-c2ccc(N3C=NCC3=O)cc2)c(Cl)c1. The Morgan fingerprint density at radius 1 is 1.19 bits per heavy atom. The summed E-state index contributed by atoms with van der Waals surface area (Å²) in [7, 11) is 0. The minimum absolute atomic E-state index is 0.0424. The van der Waals surface area contributed by atoms with Gasteiger partial charge in [0.1, 0.15) is 6.54 Å². The predicted molar refractivity (Wildman–Crippen MR) is 82.4 cm³/mol. The van der Waals surface area contributed by atoms with Crippen molar-refractivity contribution in [2.24, 2.45) is 4.99 Å². The van der Waals surface area contributed by atoms with Gasteiger partial charge in [0.2, 0.25) is 0 Å². The second-order valence-electron chi connectivity index (χ2n) is 4.57. The topological polar surface area (TPSA) is 56.5 Å². The maximum absolute atomic E-state index is 11.6. The number of benzene rings is 2. The summed E-state index contributed by atoms with van der Waals surface area (Å²) in [5.41, 5.74) is 3.08. The van der Waals surface area contributed by atoms with Crippen LogP contribution in [0.4, 0.5) is 5.69 Å². The Hall–Kier alpha value is -2.64. The van der Waals surface area contributed by atoms with Gasteiger partial charge in [0.15, 0.2) is 0 Å². The molecule has 1 amide bonds. The third-order valence-corrected chi connectivity index (χ3v) is 3.56. The number of nitrogens with zero attached hydrogens (tertiary/aromatic N) is 3. The van der Waals surface area contributed by atoms with Crippen molar-refractivity contribution in [3.05, 3.63) is 53.1 Å². The summed E-state index contributed by atoms with van der Waals surface area (Å²) in [5, 5.41) is 9.38. The van der Waals surface area contributed by atoms with Crippen LogP contribution in [-0.2, 0) is 4.79 Å². The molecular formula is C16H10ClN3O. The first-order valence-electron chi connectivity index (χ1n) is 6.31. The summed E-state index contributed by atoms with van der Waals surface area (Å²) in [6.07, 6.45) is 1.53. The number of anilines is 1. The summed E-state index contributed by atoms with van der Waals surface area (Å²) in [6.45, 7) is 0.198. The Morgan fingerprint density at radius 3 is 2.52 bits per heavy atom. The maximum atomic E-state index is 11.6. The molecule has 0 saturated carbocycles. The highest BCUT2D eigenvalue weighted by Gasteiger charge is 2.17. The van der Waals surface area contributed by atoms with Crippen LogP contribution in [0.15, 0.2) is 47.5 Å². The Morgan fingerprint density at radius 2 is 1.95 bits per heavy atom. The minimum Gasteiger partial charge on any atom is -0.272 e.